The maximum atomic E-state index is 13.2. The minimum Gasteiger partial charge on any atom is -0.341 e. The van der Waals surface area contributed by atoms with E-state index in [0.29, 0.717) is 31.6 Å². The molecule has 2 rings (SSSR count). The minimum absolute atomic E-state index is 0.153. The molecule has 1 aromatic carbocycles. The molecule has 1 saturated heterocycles. The lowest BCUT2D eigenvalue weighted by Gasteiger charge is -2.30. The average Bonchev–Trinajstić information content (AvgIpc) is 2.57. The molecule has 0 unspecified atom stereocenters. The molecule has 6 nitrogen and oxygen atoms in total. The van der Waals surface area contributed by atoms with Gasteiger partial charge in [-0.25, -0.2) is 9.18 Å². The number of anilines is 1. The molecule has 1 heterocycles. The maximum absolute atomic E-state index is 13.2. The summed E-state index contributed by atoms with van der Waals surface area (Å²) in [5.74, 6) is -1.20. The molecule has 23 heavy (non-hydrogen) atoms. The topological polar surface area (TPSA) is 85.3 Å². The van der Waals surface area contributed by atoms with Crippen molar-refractivity contribution in [3.63, 3.8) is 0 Å². The van der Waals surface area contributed by atoms with Gasteiger partial charge in [-0.15, -0.1) is 0 Å². The molecule has 0 aromatic heterocycles. The lowest BCUT2D eigenvalue weighted by molar-refractivity contribution is -0.117. The molecular weight excluding hydrogens is 367 g/mol. The second kappa shape index (κ2) is 7.54. The summed E-state index contributed by atoms with van der Waals surface area (Å²) in [4.78, 5) is 25.5. The van der Waals surface area contributed by atoms with Gasteiger partial charge < -0.3 is 15.5 Å². The number of urea groups is 1. The third-order valence-corrected chi connectivity index (χ3v) is 4.41. The van der Waals surface area contributed by atoms with Crippen LogP contribution >= 0.6 is 15.9 Å². The third kappa shape index (κ3) is 4.28. The van der Waals surface area contributed by atoms with Gasteiger partial charge in [-0.2, -0.15) is 0 Å². The van der Waals surface area contributed by atoms with Crippen LogP contribution in [0.2, 0.25) is 0 Å². The fourth-order valence-corrected chi connectivity index (χ4v) is 2.87. The smallest absolute Gasteiger partial charge is 0.317 e. The zero-order chi connectivity index (χ0) is 17.0. The van der Waals surface area contributed by atoms with E-state index in [9.17, 15) is 14.0 Å². The number of carbonyl (C=O) groups is 2. The molecule has 0 bridgehead atoms. The number of hydrogen-bond donors (Lipinski definition) is 3. The van der Waals surface area contributed by atoms with E-state index >= 15 is 0 Å². The van der Waals surface area contributed by atoms with Crippen LogP contribution in [0.1, 0.15) is 12.8 Å². The van der Waals surface area contributed by atoms with Crippen LogP contribution in [0.3, 0.4) is 0 Å². The van der Waals surface area contributed by atoms with Gasteiger partial charge in [-0.05, 0) is 47.0 Å². The molecule has 0 saturated carbocycles. The molecule has 0 atom stereocenters. The van der Waals surface area contributed by atoms with Gasteiger partial charge in [-0.1, -0.05) is 0 Å². The number of hydrogen-bond acceptors (Lipinski definition) is 3. The fourth-order valence-electron chi connectivity index (χ4n) is 2.49. The summed E-state index contributed by atoms with van der Waals surface area (Å²) in [6.45, 7) is 0.983. The summed E-state index contributed by atoms with van der Waals surface area (Å²) in [5.41, 5.74) is 0.472. The number of rotatable bonds is 3. The van der Waals surface area contributed by atoms with E-state index in [1.54, 1.807) is 11.9 Å². The van der Waals surface area contributed by atoms with Crippen molar-refractivity contribution in [3.8, 4) is 0 Å². The van der Waals surface area contributed by atoms with E-state index in [1.165, 1.54) is 18.2 Å². The number of benzene rings is 1. The van der Waals surface area contributed by atoms with Crippen molar-refractivity contribution < 1.29 is 14.0 Å². The molecule has 0 aliphatic carbocycles. The van der Waals surface area contributed by atoms with Crippen LogP contribution in [0.5, 0.6) is 0 Å². The van der Waals surface area contributed by atoms with Crippen LogP contribution < -0.4 is 10.6 Å². The summed E-state index contributed by atoms with van der Waals surface area (Å²) in [5, 5.41) is 13.2. The molecule has 124 valence electrons. The summed E-state index contributed by atoms with van der Waals surface area (Å²) < 4.78 is 13.4. The Morgan fingerprint density at radius 3 is 2.57 bits per heavy atom. The van der Waals surface area contributed by atoms with Crippen molar-refractivity contribution in [2.24, 2.45) is 5.92 Å². The molecule has 8 heteroatoms. The van der Waals surface area contributed by atoms with E-state index < -0.39 is 5.82 Å². The Kier molecular flexibility index (Phi) is 5.70. The normalized spacial score (nSPS) is 15.2. The highest BCUT2D eigenvalue weighted by atomic mass is 79.9. The largest absolute Gasteiger partial charge is 0.341 e. The Morgan fingerprint density at radius 2 is 2.00 bits per heavy atom. The first kappa shape index (κ1) is 17.4. The number of amides is 2. The first-order valence-corrected chi connectivity index (χ1v) is 8.03. The summed E-state index contributed by atoms with van der Waals surface area (Å²) in [6.07, 6.45) is 1.06. The zero-order valence-corrected chi connectivity index (χ0v) is 14.2. The van der Waals surface area contributed by atoms with E-state index in [4.69, 9.17) is 5.41 Å². The number of halogens is 2. The Balaban J connectivity index is 1.91. The van der Waals surface area contributed by atoms with Crippen LogP contribution in [0.4, 0.5) is 14.9 Å². The van der Waals surface area contributed by atoms with Crippen LogP contribution in [0.15, 0.2) is 22.7 Å². The van der Waals surface area contributed by atoms with Gasteiger partial charge in [0.2, 0.25) is 5.78 Å². The number of piperidine rings is 1. The number of nitrogens with zero attached hydrogens (tertiary/aromatic N) is 1. The molecule has 1 aliphatic heterocycles. The molecule has 1 aliphatic rings. The van der Waals surface area contributed by atoms with E-state index in [2.05, 4.69) is 26.6 Å². The van der Waals surface area contributed by atoms with Crippen molar-refractivity contribution in [1.29, 1.82) is 5.41 Å². The minimum atomic E-state index is -0.407. The standard InChI is InChI=1S/C15H18BrFN4O2/c1-19-15(23)21-6-4-9(5-7-21)13(22)14(18)20-10-2-3-12(17)11(16)8-10/h2-3,8-9H,4-7H2,1H3,(H2,18,20)(H,19,23). The van der Waals surface area contributed by atoms with Gasteiger partial charge in [0.05, 0.1) is 4.47 Å². The number of likely N-dealkylation sites (tertiary alicyclic amines) is 1. The summed E-state index contributed by atoms with van der Waals surface area (Å²) in [6, 6.07) is 4.05. The van der Waals surface area contributed by atoms with E-state index in [-0.39, 0.29) is 28.0 Å². The fraction of sp³-hybridized carbons (Fsp3) is 0.400. The monoisotopic (exact) mass is 384 g/mol. The summed E-state index contributed by atoms with van der Waals surface area (Å²) >= 11 is 3.06. The third-order valence-electron chi connectivity index (χ3n) is 3.80. The van der Waals surface area contributed by atoms with Crippen molar-refractivity contribution in [2.45, 2.75) is 12.8 Å². The Bertz CT molecular complexity index is 630. The quantitative estimate of drug-likeness (QED) is 0.552. The van der Waals surface area contributed by atoms with Crippen LogP contribution in [-0.2, 0) is 4.79 Å². The molecular formula is C15H18BrFN4O2. The van der Waals surface area contributed by atoms with Gasteiger partial charge in [0.15, 0.2) is 5.84 Å². The van der Waals surface area contributed by atoms with Crippen LogP contribution in [0.25, 0.3) is 0 Å². The lowest BCUT2D eigenvalue weighted by atomic mass is 9.92. The first-order valence-electron chi connectivity index (χ1n) is 7.24. The molecule has 0 radical (unpaired) electrons. The van der Waals surface area contributed by atoms with Crippen molar-refractivity contribution in [3.05, 3.63) is 28.5 Å². The van der Waals surface area contributed by atoms with Gasteiger partial charge in [0, 0.05) is 31.7 Å². The predicted molar refractivity (Wildman–Crippen MR) is 89.2 cm³/mol. The number of nitrogens with one attached hydrogen (secondary N) is 3. The zero-order valence-electron chi connectivity index (χ0n) is 12.7. The van der Waals surface area contributed by atoms with Crippen LogP contribution in [-0.4, -0.2) is 42.7 Å². The number of carbonyl (C=O) groups excluding carboxylic acids is 2. The molecule has 3 N–H and O–H groups in total. The Morgan fingerprint density at radius 1 is 1.35 bits per heavy atom. The SMILES string of the molecule is CNC(=O)N1CCC(C(=O)C(=N)Nc2ccc(F)c(Br)c2)CC1. The number of amidine groups is 1. The highest BCUT2D eigenvalue weighted by Gasteiger charge is 2.29. The highest BCUT2D eigenvalue weighted by molar-refractivity contribution is 9.10. The number of Topliss-reactive ketones (excluding diaryl/α,β-unsaturated/α-hetero) is 1. The average molecular weight is 385 g/mol. The number of ketones is 1. The van der Waals surface area contributed by atoms with Crippen molar-refractivity contribution in [1.82, 2.24) is 10.2 Å². The molecule has 1 fully saturated rings. The highest BCUT2D eigenvalue weighted by Crippen LogP contribution is 2.22. The molecule has 0 spiro atoms. The van der Waals surface area contributed by atoms with Gasteiger partial charge >= 0.3 is 6.03 Å². The second-order valence-corrected chi connectivity index (χ2v) is 6.16. The Labute approximate surface area is 142 Å². The Hall–Kier alpha value is -1.96. The first-order chi connectivity index (χ1) is 10.9. The van der Waals surface area contributed by atoms with Gasteiger partial charge in [-0.3, -0.25) is 10.2 Å². The predicted octanol–water partition coefficient (Wildman–Crippen LogP) is 2.60. The van der Waals surface area contributed by atoms with Crippen LogP contribution in [0, 0.1) is 17.1 Å². The van der Waals surface area contributed by atoms with Crippen molar-refractivity contribution >= 4 is 39.3 Å². The maximum Gasteiger partial charge on any atom is 0.317 e. The van der Waals surface area contributed by atoms with Gasteiger partial charge in [0.25, 0.3) is 0 Å². The second-order valence-electron chi connectivity index (χ2n) is 5.31. The van der Waals surface area contributed by atoms with Crippen molar-refractivity contribution in [2.75, 3.05) is 25.5 Å². The summed E-state index contributed by atoms with van der Waals surface area (Å²) in [7, 11) is 1.57. The van der Waals surface area contributed by atoms with E-state index in [1.807, 2.05) is 0 Å². The lowest BCUT2D eigenvalue weighted by Crippen LogP contribution is -2.45. The van der Waals surface area contributed by atoms with E-state index in [0.717, 1.165) is 0 Å². The van der Waals surface area contributed by atoms with Gasteiger partial charge in [0.1, 0.15) is 5.82 Å². The molecule has 1 aromatic rings. The molecule has 2 amide bonds.